The molecule has 1 amide bonds. The average molecular weight is 388 g/mol. The Balaban J connectivity index is 1.61. The molecule has 3 nitrogen and oxygen atoms in total. The number of para-hydroxylation sites is 1. The van der Waals surface area contributed by atoms with Crippen molar-refractivity contribution in [2.45, 2.75) is 116 Å². The molecule has 0 radical (unpaired) electrons. The Morgan fingerprint density at radius 3 is 2.18 bits per heavy atom. The lowest BCUT2D eigenvalue weighted by atomic mass is 9.96. The fourth-order valence-corrected chi connectivity index (χ4v) is 4.16. The first kappa shape index (κ1) is 22.8. The van der Waals surface area contributed by atoms with Gasteiger partial charge in [-0.3, -0.25) is 0 Å². The van der Waals surface area contributed by atoms with Gasteiger partial charge in [0.15, 0.2) is 0 Å². The number of rotatable bonds is 13. The summed E-state index contributed by atoms with van der Waals surface area (Å²) in [5, 5.41) is 3.04. The van der Waals surface area contributed by atoms with Crippen molar-refractivity contribution in [2.24, 2.45) is 0 Å². The maximum atomic E-state index is 12.2. The van der Waals surface area contributed by atoms with E-state index >= 15 is 0 Å². The summed E-state index contributed by atoms with van der Waals surface area (Å²) < 4.78 is 5.64. The Morgan fingerprint density at radius 1 is 0.893 bits per heavy atom. The number of nitrogens with one attached hydrogen (secondary N) is 1. The first-order valence-electron chi connectivity index (χ1n) is 11.9. The number of aryl methyl sites for hydroxylation is 1. The van der Waals surface area contributed by atoms with Crippen LogP contribution in [-0.4, -0.2) is 12.1 Å². The summed E-state index contributed by atoms with van der Waals surface area (Å²) in [7, 11) is 0. The number of carbonyl (C=O) groups excluding carboxylic acids is 1. The Morgan fingerprint density at radius 2 is 1.50 bits per heavy atom. The van der Waals surface area contributed by atoms with Gasteiger partial charge >= 0.3 is 6.09 Å². The lowest BCUT2D eigenvalue weighted by Crippen LogP contribution is -2.38. The Kier molecular flexibility index (Phi) is 11.8. The number of unbranched alkanes of at least 4 members (excludes halogenated alkanes) is 9. The van der Waals surface area contributed by atoms with E-state index in [0.717, 1.165) is 30.6 Å². The molecule has 1 aliphatic carbocycles. The van der Waals surface area contributed by atoms with Crippen LogP contribution in [0.5, 0.6) is 5.75 Å². The van der Waals surface area contributed by atoms with Gasteiger partial charge in [-0.25, -0.2) is 4.79 Å². The Hall–Kier alpha value is -1.51. The highest BCUT2D eigenvalue weighted by molar-refractivity contribution is 5.71. The molecule has 0 aliphatic heterocycles. The van der Waals surface area contributed by atoms with E-state index in [9.17, 15) is 4.79 Å². The van der Waals surface area contributed by atoms with Gasteiger partial charge in [0, 0.05) is 6.04 Å². The van der Waals surface area contributed by atoms with Crippen LogP contribution in [-0.2, 0) is 6.42 Å². The van der Waals surface area contributed by atoms with E-state index in [1.54, 1.807) is 0 Å². The Labute approximate surface area is 172 Å². The molecule has 1 fully saturated rings. The summed E-state index contributed by atoms with van der Waals surface area (Å²) >= 11 is 0. The first-order chi connectivity index (χ1) is 13.8. The number of carbonyl (C=O) groups is 1. The molecule has 0 atom stereocenters. The third-order valence-electron chi connectivity index (χ3n) is 5.90. The molecule has 1 N–H and O–H groups in total. The fourth-order valence-electron chi connectivity index (χ4n) is 4.16. The van der Waals surface area contributed by atoms with Crippen molar-refractivity contribution < 1.29 is 9.53 Å². The van der Waals surface area contributed by atoms with Crippen LogP contribution in [0.25, 0.3) is 0 Å². The van der Waals surface area contributed by atoms with Crippen molar-refractivity contribution in [1.29, 1.82) is 0 Å². The molecular formula is C25H41NO2. The van der Waals surface area contributed by atoms with Crippen molar-refractivity contribution in [3.8, 4) is 5.75 Å². The second-order valence-corrected chi connectivity index (χ2v) is 8.41. The maximum Gasteiger partial charge on any atom is 0.412 e. The summed E-state index contributed by atoms with van der Waals surface area (Å²) in [6.45, 7) is 2.27. The van der Waals surface area contributed by atoms with E-state index in [2.05, 4.69) is 18.3 Å². The lowest BCUT2D eigenvalue weighted by molar-refractivity contribution is 0.191. The molecule has 0 heterocycles. The molecule has 158 valence electrons. The molecule has 0 unspecified atom stereocenters. The van der Waals surface area contributed by atoms with Gasteiger partial charge in [-0.05, 0) is 37.3 Å². The topological polar surface area (TPSA) is 38.3 Å². The molecular weight excluding hydrogens is 346 g/mol. The van der Waals surface area contributed by atoms with Crippen LogP contribution in [0.2, 0.25) is 0 Å². The van der Waals surface area contributed by atoms with Crippen molar-refractivity contribution in [3.05, 3.63) is 29.8 Å². The van der Waals surface area contributed by atoms with Gasteiger partial charge in [0.2, 0.25) is 0 Å². The second kappa shape index (κ2) is 14.5. The highest BCUT2D eigenvalue weighted by Gasteiger charge is 2.17. The molecule has 28 heavy (non-hydrogen) atoms. The molecule has 0 aromatic heterocycles. The molecule has 1 saturated carbocycles. The minimum absolute atomic E-state index is 0.287. The van der Waals surface area contributed by atoms with Crippen LogP contribution in [0.15, 0.2) is 24.3 Å². The molecule has 0 bridgehead atoms. The van der Waals surface area contributed by atoms with Gasteiger partial charge in [0.05, 0.1) is 0 Å². The maximum absolute atomic E-state index is 12.2. The van der Waals surface area contributed by atoms with Gasteiger partial charge in [-0.15, -0.1) is 0 Å². The number of hydrogen-bond acceptors (Lipinski definition) is 2. The van der Waals surface area contributed by atoms with Crippen molar-refractivity contribution in [3.63, 3.8) is 0 Å². The fraction of sp³-hybridized carbons (Fsp3) is 0.720. The summed E-state index contributed by atoms with van der Waals surface area (Å²) in [4.78, 5) is 12.2. The molecule has 1 aliphatic rings. The quantitative estimate of drug-likeness (QED) is 0.354. The molecule has 0 spiro atoms. The van der Waals surface area contributed by atoms with Crippen LogP contribution >= 0.6 is 0 Å². The lowest BCUT2D eigenvalue weighted by Gasteiger charge is -2.22. The predicted octanol–water partition coefficient (Wildman–Crippen LogP) is 7.57. The smallest absolute Gasteiger partial charge is 0.410 e. The van der Waals surface area contributed by atoms with Gasteiger partial charge in [0.25, 0.3) is 0 Å². The van der Waals surface area contributed by atoms with E-state index in [0.29, 0.717) is 0 Å². The van der Waals surface area contributed by atoms with Crippen LogP contribution in [0.3, 0.4) is 0 Å². The van der Waals surface area contributed by atoms with E-state index < -0.39 is 0 Å². The number of hydrogen-bond donors (Lipinski definition) is 1. The first-order valence-corrected chi connectivity index (χ1v) is 11.9. The number of benzene rings is 1. The Bertz CT molecular complexity index is 537. The highest BCUT2D eigenvalue weighted by Crippen LogP contribution is 2.22. The summed E-state index contributed by atoms with van der Waals surface area (Å²) in [5.74, 6) is 0.728. The molecule has 2 rings (SSSR count). The zero-order valence-corrected chi connectivity index (χ0v) is 18.0. The molecule has 0 saturated heterocycles. The van der Waals surface area contributed by atoms with Gasteiger partial charge in [-0.2, -0.15) is 0 Å². The standard InChI is InChI=1S/C25H41NO2/c1-2-3-4-5-6-7-8-9-10-12-17-22-18-15-16-21-24(22)28-25(27)26-23-19-13-11-14-20-23/h15-16,18,21,23H,2-14,17,19-20H2,1H3,(H,26,27). The zero-order chi connectivity index (χ0) is 19.9. The van der Waals surface area contributed by atoms with E-state index in [4.69, 9.17) is 4.74 Å². The van der Waals surface area contributed by atoms with Crippen molar-refractivity contribution >= 4 is 6.09 Å². The van der Waals surface area contributed by atoms with Crippen LogP contribution < -0.4 is 10.1 Å². The predicted molar refractivity (Wildman–Crippen MR) is 118 cm³/mol. The van der Waals surface area contributed by atoms with Crippen molar-refractivity contribution in [1.82, 2.24) is 5.32 Å². The summed E-state index contributed by atoms with van der Waals surface area (Å²) in [5.41, 5.74) is 1.15. The molecule has 1 aromatic carbocycles. The highest BCUT2D eigenvalue weighted by atomic mass is 16.6. The monoisotopic (exact) mass is 387 g/mol. The summed E-state index contributed by atoms with van der Waals surface area (Å²) in [6.07, 6.45) is 20.0. The number of ether oxygens (including phenoxy) is 1. The third kappa shape index (κ3) is 9.61. The van der Waals surface area contributed by atoms with E-state index in [1.807, 2.05) is 18.2 Å². The SMILES string of the molecule is CCCCCCCCCCCCc1ccccc1OC(=O)NC1CCCCC1. The van der Waals surface area contributed by atoms with Crippen molar-refractivity contribution in [2.75, 3.05) is 0 Å². The summed E-state index contributed by atoms with van der Waals surface area (Å²) in [6, 6.07) is 8.29. The molecule has 1 aromatic rings. The third-order valence-corrected chi connectivity index (χ3v) is 5.90. The van der Waals surface area contributed by atoms with Crippen LogP contribution in [0.1, 0.15) is 109 Å². The van der Waals surface area contributed by atoms with E-state index in [1.165, 1.54) is 83.5 Å². The van der Waals surface area contributed by atoms with Gasteiger partial charge in [-0.1, -0.05) is 102 Å². The number of amides is 1. The van der Waals surface area contributed by atoms with Crippen LogP contribution in [0.4, 0.5) is 4.79 Å². The molecule has 3 heteroatoms. The average Bonchev–Trinajstić information content (AvgIpc) is 2.71. The largest absolute Gasteiger partial charge is 0.412 e. The minimum atomic E-state index is -0.289. The van der Waals surface area contributed by atoms with Gasteiger partial charge < -0.3 is 10.1 Å². The van der Waals surface area contributed by atoms with Gasteiger partial charge in [0.1, 0.15) is 5.75 Å². The van der Waals surface area contributed by atoms with Crippen LogP contribution in [0, 0.1) is 0 Å². The second-order valence-electron chi connectivity index (χ2n) is 8.41. The normalized spacial score (nSPS) is 14.8. The zero-order valence-electron chi connectivity index (χ0n) is 18.0. The minimum Gasteiger partial charge on any atom is -0.410 e. The van der Waals surface area contributed by atoms with E-state index in [-0.39, 0.29) is 12.1 Å².